The van der Waals surface area contributed by atoms with Gasteiger partial charge in [-0.15, -0.1) is 0 Å². The van der Waals surface area contributed by atoms with Crippen LogP contribution in [0.3, 0.4) is 0 Å². The fraction of sp³-hybridized carbons (Fsp3) is 0.0833. The lowest BCUT2D eigenvalue weighted by Gasteiger charge is -2.06. The molecule has 0 unspecified atom stereocenters. The molecule has 2 aromatic rings. The van der Waals surface area contributed by atoms with Crippen molar-refractivity contribution >= 4 is 17.3 Å². The van der Waals surface area contributed by atoms with Crippen molar-refractivity contribution in [1.82, 2.24) is 0 Å². The molecule has 0 spiro atoms. The van der Waals surface area contributed by atoms with Crippen LogP contribution < -0.4 is 11.1 Å². The summed E-state index contributed by atoms with van der Waals surface area (Å²) in [5.41, 5.74) is 7.59. The minimum atomic E-state index is 0.521. The topological polar surface area (TPSA) is 75.0 Å². The van der Waals surface area contributed by atoms with Crippen LogP contribution in [-0.2, 0) is 0 Å². The first-order chi connectivity index (χ1) is 7.69. The fourth-order valence-electron chi connectivity index (χ4n) is 1.38. The van der Waals surface area contributed by atoms with Gasteiger partial charge in [0.25, 0.3) is 0 Å². The molecule has 1 aromatic heterocycles. The van der Waals surface area contributed by atoms with E-state index >= 15 is 0 Å². The average molecular weight is 213 g/mol. The molecule has 1 aromatic carbocycles. The van der Waals surface area contributed by atoms with Crippen molar-refractivity contribution in [1.29, 1.82) is 5.26 Å². The monoisotopic (exact) mass is 213 g/mol. The second-order valence-electron chi connectivity index (χ2n) is 3.45. The van der Waals surface area contributed by atoms with Gasteiger partial charge in [0.05, 0.1) is 23.0 Å². The highest BCUT2D eigenvalue weighted by Crippen LogP contribution is 2.24. The minimum Gasteiger partial charge on any atom is -0.446 e. The van der Waals surface area contributed by atoms with Crippen LogP contribution in [0.1, 0.15) is 11.3 Å². The summed E-state index contributed by atoms with van der Waals surface area (Å²) in [5.74, 6) is 1.46. The van der Waals surface area contributed by atoms with E-state index in [2.05, 4.69) is 5.32 Å². The van der Waals surface area contributed by atoms with Crippen LogP contribution in [0.25, 0.3) is 0 Å². The number of nitriles is 1. The zero-order valence-electron chi connectivity index (χ0n) is 8.82. The Morgan fingerprint density at radius 3 is 2.69 bits per heavy atom. The molecule has 0 aliphatic carbocycles. The van der Waals surface area contributed by atoms with Crippen molar-refractivity contribution in [3.05, 3.63) is 41.7 Å². The van der Waals surface area contributed by atoms with Gasteiger partial charge < -0.3 is 15.5 Å². The van der Waals surface area contributed by atoms with Crippen molar-refractivity contribution in [3.8, 4) is 6.07 Å². The predicted octanol–water partition coefficient (Wildman–Crippen LogP) is 2.79. The molecule has 0 bridgehead atoms. The Morgan fingerprint density at radius 1 is 1.31 bits per heavy atom. The molecule has 0 saturated heterocycles. The van der Waals surface area contributed by atoms with Crippen LogP contribution in [0.2, 0.25) is 0 Å². The maximum atomic E-state index is 8.70. The van der Waals surface area contributed by atoms with E-state index in [4.69, 9.17) is 15.4 Å². The van der Waals surface area contributed by atoms with E-state index in [1.807, 2.05) is 25.1 Å². The molecule has 4 nitrogen and oxygen atoms in total. The van der Waals surface area contributed by atoms with Gasteiger partial charge in [0.1, 0.15) is 5.76 Å². The smallest absolute Gasteiger partial charge is 0.197 e. The van der Waals surface area contributed by atoms with Crippen molar-refractivity contribution in [2.45, 2.75) is 6.92 Å². The average Bonchev–Trinajstić information content (AvgIpc) is 2.67. The molecule has 1 heterocycles. The van der Waals surface area contributed by atoms with Crippen LogP contribution in [0.15, 0.2) is 34.7 Å². The van der Waals surface area contributed by atoms with E-state index in [9.17, 15) is 0 Å². The lowest BCUT2D eigenvalue weighted by Crippen LogP contribution is -1.95. The molecule has 0 amide bonds. The first-order valence-electron chi connectivity index (χ1n) is 4.82. The van der Waals surface area contributed by atoms with Crippen LogP contribution in [-0.4, -0.2) is 0 Å². The molecule has 0 aliphatic rings. The number of nitrogens with two attached hydrogens (primary N) is 1. The number of rotatable bonds is 2. The third-order valence-electron chi connectivity index (χ3n) is 2.18. The summed E-state index contributed by atoms with van der Waals surface area (Å²) in [6, 6.07) is 10.8. The summed E-state index contributed by atoms with van der Waals surface area (Å²) in [6.45, 7) is 1.87. The summed E-state index contributed by atoms with van der Waals surface area (Å²) < 4.78 is 5.37. The number of nitrogen functional groups attached to an aromatic ring is 1. The Bertz CT molecular complexity index is 552. The lowest BCUT2D eigenvalue weighted by molar-refractivity contribution is 0.551. The second-order valence-corrected chi connectivity index (χ2v) is 3.45. The van der Waals surface area contributed by atoms with Gasteiger partial charge in [-0.05, 0) is 31.2 Å². The Balaban J connectivity index is 2.26. The Labute approximate surface area is 93.3 Å². The molecule has 0 saturated carbocycles. The van der Waals surface area contributed by atoms with Crippen molar-refractivity contribution < 1.29 is 4.42 Å². The zero-order chi connectivity index (χ0) is 11.5. The molecule has 0 atom stereocenters. The largest absolute Gasteiger partial charge is 0.446 e. The number of hydrogen-bond donors (Lipinski definition) is 2. The molecule has 80 valence electrons. The standard InChI is InChI=1S/C12H11N3O/c1-8-2-5-12(16-8)15-11-4-3-9(7-13)6-10(11)14/h2-6,15H,14H2,1H3. The summed E-state index contributed by atoms with van der Waals surface area (Å²) in [4.78, 5) is 0. The molecular formula is C12H11N3O. The van der Waals surface area contributed by atoms with Crippen molar-refractivity contribution in [2.24, 2.45) is 0 Å². The first-order valence-corrected chi connectivity index (χ1v) is 4.82. The van der Waals surface area contributed by atoms with Gasteiger partial charge >= 0.3 is 0 Å². The van der Waals surface area contributed by atoms with Crippen molar-refractivity contribution in [3.63, 3.8) is 0 Å². The normalized spacial score (nSPS) is 9.75. The van der Waals surface area contributed by atoms with Gasteiger partial charge in [-0.3, -0.25) is 0 Å². The highest BCUT2D eigenvalue weighted by Gasteiger charge is 2.03. The first kappa shape index (κ1) is 10.1. The molecular weight excluding hydrogens is 202 g/mol. The maximum Gasteiger partial charge on any atom is 0.197 e. The van der Waals surface area contributed by atoms with Crippen LogP contribution in [0.5, 0.6) is 0 Å². The second kappa shape index (κ2) is 3.99. The number of nitrogens with zero attached hydrogens (tertiary/aromatic N) is 1. The molecule has 0 fully saturated rings. The maximum absolute atomic E-state index is 8.70. The molecule has 0 aliphatic heterocycles. The Kier molecular flexibility index (Phi) is 2.52. The summed E-state index contributed by atoms with van der Waals surface area (Å²) in [5, 5.41) is 11.7. The number of aryl methyl sites for hydroxylation is 1. The number of anilines is 3. The third-order valence-corrected chi connectivity index (χ3v) is 2.18. The molecule has 2 rings (SSSR count). The zero-order valence-corrected chi connectivity index (χ0v) is 8.82. The van der Waals surface area contributed by atoms with Gasteiger partial charge in [-0.1, -0.05) is 0 Å². The molecule has 3 N–H and O–H groups in total. The van der Waals surface area contributed by atoms with Crippen LogP contribution in [0, 0.1) is 18.3 Å². The number of nitrogens with one attached hydrogen (secondary N) is 1. The molecule has 0 radical (unpaired) electrons. The van der Waals surface area contributed by atoms with E-state index in [1.165, 1.54) is 0 Å². The highest BCUT2D eigenvalue weighted by molar-refractivity contribution is 5.72. The van der Waals surface area contributed by atoms with Gasteiger partial charge in [-0.2, -0.15) is 5.26 Å². The summed E-state index contributed by atoms with van der Waals surface area (Å²) in [7, 11) is 0. The quantitative estimate of drug-likeness (QED) is 0.752. The minimum absolute atomic E-state index is 0.521. The van der Waals surface area contributed by atoms with Crippen molar-refractivity contribution in [2.75, 3.05) is 11.1 Å². The van der Waals surface area contributed by atoms with E-state index in [0.29, 0.717) is 17.1 Å². The van der Waals surface area contributed by atoms with E-state index in [1.54, 1.807) is 18.2 Å². The van der Waals surface area contributed by atoms with Gasteiger partial charge in [0.15, 0.2) is 5.88 Å². The van der Waals surface area contributed by atoms with E-state index in [0.717, 1.165) is 11.4 Å². The van der Waals surface area contributed by atoms with Gasteiger partial charge in [0.2, 0.25) is 0 Å². The predicted molar refractivity (Wildman–Crippen MR) is 62.3 cm³/mol. The lowest BCUT2D eigenvalue weighted by atomic mass is 10.2. The Morgan fingerprint density at radius 2 is 2.12 bits per heavy atom. The fourth-order valence-corrected chi connectivity index (χ4v) is 1.38. The SMILES string of the molecule is Cc1ccc(Nc2ccc(C#N)cc2N)o1. The summed E-state index contributed by atoms with van der Waals surface area (Å²) in [6.07, 6.45) is 0. The van der Waals surface area contributed by atoms with E-state index < -0.39 is 0 Å². The summed E-state index contributed by atoms with van der Waals surface area (Å²) >= 11 is 0. The van der Waals surface area contributed by atoms with Gasteiger partial charge in [0, 0.05) is 6.07 Å². The Hall–Kier alpha value is -2.41. The number of benzene rings is 1. The van der Waals surface area contributed by atoms with Crippen LogP contribution in [0.4, 0.5) is 17.3 Å². The van der Waals surface area contributed by atoms with E-state index in [-0.39, 0.29) is 0 Å². The molecule has 16 heavy (non-hydrogen) atoms. The third kappa shape index (κ3) is 1.98. The number of hydrogen-bond acceptors (Lipinski definition) is 4. The van der Waals surface area contributed by atoms with Crippen LogP contribution >= 0.6 is 0 Å². The molecule has 4 heteroatoms. The number of furan rings is 1. The highest BCUT2D eigenvalue weighted by atomic mass is 16.4. The van der Waals surface area contributed by atoms with Gasteiger partial charge in [-0.25, -0.2) is 0 Å².